The van der Waals surface area contributed by atoms with Gasteiger partial charge in [0.25, 0.3) is 5.91 Å². The van der Waals surface area contributed by atoms with Crippen molar-refractivity contribution in [1.29, 1.82) is 0 Å². The molecule has 1 aliphatic rings. The van der Waals surface area contributed by atoms with Crippen LogP contribution in [0.15, 0.2) is 48.7 Å². The Balaban J connectivity index is 1.33. The molecule has 0 bridgehead atoms. The van der Waals surface area contributed by atoms with Gasteiger partial charge in [-0.1, -0.05) is 12.1 Å². The second kappa shape index (κ2) is 6.93. The van der Waals surface area contributed by atoms with Crippen molar-refractivity contribution in [1.82, 2.24) is 29.3 Å². The van der Waals surface area contributed by atoms with E-state index in [0.29, 0.717) is 28.3 Å². The smallest absolute Gasteiger partial charge is 0.271 e. The normalized spacial score (nSPS) is 13.5. The Kier molecular flexibility index (Phi) is 4.10. The van der Waals surface area contributed by atoms with Crippen LogP contribution in [0.4, 0.5) is 8.78 Å². The molecule has 164 valence electrons. The molecule has 0 fully saturated rings. The first-order valence-corrected chi connectivity index (χ1v) is 10.4. The third kappa shape index (κ3) is 3.00. The molecule has 0 saturated heterocycles. The zero-order valence-electron chi connectivity index (χ0n) is 17.9. The zero-order valence-corrected chi connectivity index (χ0v) is 17.9. The minimum absolute atomic E-state index is 0.140. The van der Waals surface area contributed by atoms with Crippen LogP contribution >= 0.6 is 0 Å². The van der Waals surface area contributed by atoms with E-state index in [4.69, 9.17) is 0 Å². The Morgan fingerprint density at radius 1 is 1.00 bits per heavy atom. The Bertz CT molecular complexity index is 1580. The molecule has 7 nitrogen and oxygen atoms in total. The van der Waals surface area contributed by atoms with Gasteiger partial charge >= 0.3 is 0 Å². The lowest BCUT2D eigenvalue weighted by molar-refractivity contribution is 0.0758. The van der Waals surface area contributed by atoms with Gasteiger partial charge in [0.2, 0.25) is 0 Å². The molecule has 0 spiro atoms. The summed E-state index contributed by atoms with van der Waals surface area (Å²) in [5.74, 6) is -1.09. The fraction of sp³-hybridized carbons (Fsp3) is 0.167. The highest BCUT2D eigenvalue weighted by Crippen LogP contribution is 2.30. The molecular weight excluding hydrogens is 426 g/mol. The zero-order chi connectivity index (χ0) is 22.9. The highest BCUT2D eigenvalue weighted by Gasteiger charge is 2.32. The number of carbonyl (C=O) groups is 1. The van der Waals surface area contributed by atoms with E-state index in [-0.39, 0.29) is 24.6 Å². The van der Waals surface area contributed by atoms with Gasteiger partial charge < -0.3 is 4.90 Å². The van der Waals surface area contributed by atoms with E-state index in [9.17, 15) is 4.79 Å². The standard InChI is InChI=1S/C24H18F2N6O/c1-13-27-28-22-6-4-15-11-31(24(33)23(15)32(13)22)12-18-19(25)8-16(9-20(18)26)14-3-5-21-17(7-14)10-30(2)29-21/h3-10H,11-12H2,1-2H3. The van der Waals surface area contributed by atoms with Gasteiger partial charge in [-0.05, 0) is 48.4 Å². The largest absolute Gasteiger partial charge is 0.328 e. The van der Waals surface area contributed by atoms with E-state index < -0.39 is 11.6 Å². The molecule has 1 amide bonds. The maximum Gasteiger partial charge on any atom is 0.271 e. The summed E-state index contributed by atoms with van der Waals surface area (Å²) < 4.78 is 33.5. The molecule has 6 rings (SSSR count). The molecule has 0 N–H and O–H groups in total. The number of hydrogen-bond acceptors (Lipinski definition) is 4. The molecule has 0 aliphatic carbocycles. The van der Waals surface area contributed by atoms with E-state index in [0.717, 1.165) is 16.5 Å². The van der Waals surface area contributed by atoms with Gasteiger partial charge in [0.05, 0.1) is 12.1 Å². The number of halogens is 2. The predicted molar refractivity (Wildman–Crippen MR) is 117 cm³/mol. The molecule has 0 radical (unpaired) electrons. The number of pyridine rings is 1. The van der Waals surface area contributed by atoms with Crippen LogP contribution in [0.1, 0.15) is 27.4 Å². The number of amides is 1. The number of aromatic nitrogens is 5. The predicted octanol–water partition coefficient (Wildman–Crippen LogP) is 4.03. The third-order valence-electron chi connectivity index (χ3n) is 6.10. The van der Waals surface area contributed by atoms with Gasteiger partial charge in [-0.3, -0.25) is 13.9 Å². The summed E-state index contributed by atoms with van der Waals surface area (Å²) in [5.41, 5.74) is 3.57. The van der Waals surface area contributed by atoms with Crippen molar-refractivity contribution >= 4 is 22.5 Å². The molecule has 3 aromatic heterocycles. The summed E-state index contributed by atoms with van der Waals surface area (Å²) in [6, 6.07) is 11.7. The van der Waals surface area contributed by atoms with E-state index in [1.807, 2.05) is 25.4 Å². The SMILES string of the molecule is Cc1nnc2ccc3c(n12)C(=O)N(Cc1c(F)cc(-c2ccc4nn(C)cc4c2)cc1F)C3. The van der Waals surface area contributed by atoms with Crippen LogP contribution in [0.25, 0.3) is 27.7 Å². The van der Waals surface area contributed by atoms with E-state index in [1.165, 1.54) is 17.0 Å². The van der Waals surface area contributed by atoms with Crippen molar-refractivity contribution in [3.8, 4) is 11.1 Å². The molecule has 0 saturated carbocycles. The van der Waals surface area contributed by atoms with Crippen LogP contribution in [0.5, 0.6) is 0 Å². The number of fused-ring (bicyclic) bond motifs is 4. The monoisotopic (exact) mass is 444 g/mol. The van der Waals surface area contributed by atoms with Crippen LogP contribution in [-0.4, -0.2) is 35.2 Å². The number of rotatable bonds is 3. The van der Waals surface area contributed by atoms with Crippen molar-refractivity contribution in [2.75, 3.05) is 0 Å². The first-order valence-electron chi connectivity index (χ1n) is 10.4. The average Bonchev–Trinajstić information content (AvgIpc) is 3.44. The fourth-order valence-electron chi connectivity index (χ4n) is 4.52. The molecular formula is C24H18F2N6O. The molecule has 0 unspecified atom stereocenters. The van der Waals surface area contributed by atoms with Crippen LogP contribution < -0.4 is 0 Å². The molecule has 5 aromatic rings. The van der Waals surface area contributed by atoms with Gasteiger partial charge in [-0.15, -0.1) is 10.2 Å². The second-order valence-electron chi connectivity index (χ2n) is 8.30. The minimum Gasteiger partial charge on any atom is -0.328 e. The van der Waals surface area contributed by atoms with E-state index >= 15 is 8.78 Å². The summed E-state index contributed by atoms with van der Waals surface area (Å²) in [7, 11) is 1.82. The lowest BCUT2D eigenvalue weighted by Gasteiger charge is -2.17. The molecule has 1 aliphatic heterocycles. The average molecular weight is 444 g/mol. The molecule has 0 atom stereocenters. The molecule has 2 aromatic carbocycles. The fourth-order valence-corrected chi connectivity index (χ4v) is 4.52. The maximum absolute atomic E-state index is 15.1. The van der Waals surface area contributed by atoms with Crippen molar-refractivity contribution in [2.45, 2.75) is 20.0 Å². The third-order valence-corrected chi connectivity index (χ3v) is 6.10. The number of aryl methyl sites for hydroxylation is 2. The van der Waals surface area contributed by atoms with Gasteiger partial charge in [0, 0.05) is 36.3 Å². The number of carbonyl (C=O) groups excluding carboxylic acids is 1. The quantitative estimate of drug-likeness (QED) is 0.422. The van der Waals surface area contributed by atoms with Gasteiger partial charge in [-0.25, -0.2) is 8.78 Å². The van der Waals surface area contributed by atoms with Crippen LogP contribution in [0.2, 0.25) is 0 Å². The molecule has 4 heterocycles. The summed E-state index contributed by atoms with van der Waals surface area (Å²) in [6.07, 6.45) is 1.85. The van der Waals surface area contributed by atoms with Crippen LogP contribution in [0, 0.1) is 18.6 Å². The number of benzene rings is 2. The van der Waals surface area contributed by atoms with Gasteiger partial charge in [0.15, 0.2) is 5.65 Å². The first-order chi connectivity index (χ1) is 15.9. The summed E-state index contributed by atoms with van der Waals surface area (Å²) in [4.78, 5) is 14.5. The summed E-state index contributed by atoms with van der Waals surface area (Å²) in [5, 5.41) is 13.3. The summed E-state index contributed by atoms with van der Waals surface area (Å²) in [6.45, 7) is 1.85. The molecule has 9 heteroatoms. The van der Waals surface area contributed by atoms with Gasteiger partial charge in [-0.2, -0.15) is 5.10 Å². The minimum atomic E-state index is -0.689. The Morgan fingerprint density at radius 2 is 1.79 bits per heavy atom. The Morgan fingerprint density at radius 3 is 2.58 bits per heavy atom. The lowest BCUT2D eigenvalue weighted by atomic mass is 10.0. The second-order valence-corrected chi connectivity index (χ2v) is 8.30. The van der Waals surface area contributed by atoms with Crippen LogP contribution in [0.3, 0.4) is 0 Å². The molecule has 33 heavy (non-hydrogen) atoms. The lowest BCUT2D eigenvalue weighted by Crippen LogP contribution is -2.25. The summed E-state index contributed by atoms with van der Waals surface area (Å²) >= 11 is 0. The number of hydrogen-bond donors (Lipinski definition) is 0. The Labute approximate surface area is 186 Å². The topological polar surface area (TPSA) is 68.3 Å². The Hall–Kier alpha value is -4.14. The van der Waals surface area contributed by atoms with Crippen molar-refractivity contribution in [2.24, 2.45) is 7.05 Å². The maximum atomic E-state index is 15.1. The van der Waals surface area contributed by atoms with Crippen molar-refractivity contribution < 1.29 is 13.6 Å². The highest BCUT2D eigenvalue weighted by atomic mass is 19.1. The highest BCUT2D eigenvalue weighted by molar-refractivity contribution is 5.97. The van der Waals surface area contributed by atoms with E-state index in [2.05, 4.69) is 15.3 Å². The van der Waals surface area contributed by atoms with Crippen LogP contribution in [-0.2, 0) is 20.1 Å². The van der Waals surface area contributed by atoms with E-state index in [1.54, 1.807) is 34.2 Å². The first kappa shape index (κ1) is 19.5. The van der Waals surface area contributed by atoms with Crippen molar-refractivity contribution in [3.63, 3.8) is 0 Å². The van der Waals surface area contributed by atoms with Gasteiger partial charge in [0.1, 0.15) is 23.2 Å². The van der Waals surface area contributed by atoms with Crippen molar-refractivity contribution in [3.05, 3.63) is 82.9 Å². The number of nitrogens with zero attached hydrogens (tertiary/aromatic N) is 6.